The molecule has 1 heterocycles. The monoisotopic (exact) mass is 345 g/mol. The van der Waals surface area contributed by atoms with E-state index in [9.17, 15) is 9.90 Å². The van der Waals surface area contributed by atoms with Crippen molar-refractivity contribution < 1.29 is 9.90 Å². The van der Waals surface area contributed by atoms with E-state index < -0.39 is 5.60 Å². The lowest BCUT2D eigenvalue weighted by molar-refractivity contribution is -0.127. The van der Waals surface area contributed by atoms with Crippen LogP contribution < -0.4 is 5.32 Å². The Morgan fingerprint density at radius 2 is 1.84 bits per heavy atom. The lowest BCUT2D eigenvalue weighted by atomic mass is 9.94. The van der Waals surface area contributed by atoms with E-state index in [4.69, 9.17) is 0 Å². The number of amides is 1. The Morgan fingerprint density at radius 3 is 2.40 bits per heavy atom. The molecule has 0 spiro atoms. The molecule has 1 aliphatic heterocycles. The zero-order valence-corrected chi connectivity index (χ0v) is 15.7. The van der Waals surface area contributed by atoms with Crippen LogP contribution in [0.25, 0.3) is 0 Å². The Morgan fingerprint density at radius 1 is 1.24 bits per heavy atom. The van der Waals surface area contributed by atoms with Gasteiger partial charge >= 0.3 is 0 Å². The van der Waals surface area contributed by atoms with Crippen molar-refractivity contribution in [3.8, 4) is 0 Å². The topological polar surface area (TPSA) is 55.8 Å². The van der Waals surface area contributed by atoms with Gasteiger partial charge in [0.1, 0.15) is 0 Å². The van der Waals surface area contributed by atoms with Gasteiger partial charge < -0.3 is 10.4 Å². The molecule has 1 aliphatic carbocycles. The predicted molar refractivity (Wildman–Crippen MR) is 99.4 cm³/mol. The molecule has 1 aromatic carbocycles. The molecule has 2 atom stereocenters. The Kier molecular flexibility index (Phi) is 5.46. The van der Waals surface area contributed by atoms with Crippen LogP contribution in [-0.2, 0) is 10.4 Å². The zero-order valence-electron chi connectivity index (χ0n) is 15.7. The summed E-state index contributed by atoms with van der Waals surface area (Å²) < 4.78 is 0. The summed E-state index contributed by atoms with van der Waals surface area (Å²) in [5, 5.41) is 14.0. The molecule has 0 bridgehead atoms. The van der Waals surface area contributed by atoms with E-state index in [0.717, 1.165) is 44.6 Å². The molecular formula is C20H31N3O2. The maximum Gasteiger partial charge on any atom is 0.237 e. The fourth-order valence-corrected chi connectivity index (χ4v) is 3.46. The van der Waals surface area contributed by atoms with Gasteiger partial charge in [0.25, 0.3) is 0 Å². The van der Waals surface area contributed by atoms with Gasteiger partial charge in [0.2, 0.25) is 5.91 Å². The van der Waals surface area contributed by atoms with Crippen molar-refractivity contribution in [3.63, 3.8) is 0 Å². The van der Waals surface area contributed by atoms with Crippen LogP contribution in [-0.4, -0.2) is 65.6 Å². The number of hydrogen-bond acceptors (Lipinski definition) is 4. The van der Waals surface area contributed by atoms with E-state index in [2.05, 4.69) is 22.0 Å². The number of rotatable bonds is 6. The van der Waals surface area contributed by atoms with Crippen LogP contribution in [0.1, 0.15) is 37.8 Å². The maximum atomic E-state index is 12.2. The van der Waals surface area contributed by atoms with Crippen molar-refractivity contribution in [2.45, 2.75) is 51.3 Å². The predicted octanol–water partition coefficient (Wildman–Crippen LogP) is 1.49. The van der Waals surface area contributed by atoms with Crippen LogP contribution in [0.5, 0.6) is 0 Å². The number of carbonyl (C=O) groups excluding carboxylic acids is 1. The second-order valence-corrected chi connectivity index (χ2v) is 7.91. The number of piperazine rings is 1. The number of carbonyl (C=O) groups is 1. The molecule has 0 unspecified atom stereocenters. The number of β-amino-alcohol motifs (C(OH)–C–C–N with tert-alkyl or cyclic N) is 1. The number of hydrogen-bond donors (Lipinski definition) is 2. The summed E-state index contributed by atoms with van der Waals surface area (Å²) in [7, 11) is 0. The van der Waals surface area contributed by atoms with Gasteiger partial charge in [-0.2, -0.15) is 0 Å². The number of nitrogens with zero attached hydrogens (tertiary/aromatic N) is 2. The van der Waals surface area contributed by atoms with E-state index in [1.54, 1.807) is 0 Å². The minimum Gasteiger partial charge on any atom is -0.384 e. The van der Waals surface area contributed by atoms with Crippen LogP contribution in [0.4, 0.5) is 0 Å². The van der Waals surface area contributed by atoms with Crippen molar-refractivity contribution in [3.05, 3.63) is 35.4 Å². The van der Waals surface area contributed by atoms with Gasteiger partial charge in [-0.1, -0.05) is 29.8 Å². The largest absolute Gasteiger partial charge is 0.384 e. The summed E-state index contributed by atoms with van der Waals surface area (Å²) in [5.74, 6) is 0.155. The molecule has 1 saturated heterocycles. The summed E-state index contributed by atoms with van der Waals surface area (Å²) in [6.07, 6.45) is 2.25. The van der Waals surface area contributed by atoms with E-state index in [-0.39, 0.29) is 11.9 Å². The minimum atomic E-state index is -0.856. The fourth-order valence-electron chi connectivity index (χ4n) is 3.46. The summed E-state index contributed by atoms with van der Waals surface area (Å²) in [5.41, 5.74) is 1.30. The van der Waals surface area contributed by atoms with Gasteiger partial charge in [0, 0.05) is 38.8 Å². The van der Waals surface area contributed by atoms with Crippen LogP contribution >= 0.6 is 0 Å². The molecule has 1 saturated carbocycles. The highest BCUT2D eigenvalue weighted by Crippen LogP contribution is 2.23. The molecule has 2 fully saturated rings. The minimum absolute atomic E-state index is 0.0691. The quantitative estimate of drug-likeness (QED) is 0.820. The van der Waals surface area contributed by atoms with Crippen molar-refractivity contribution >= 4 is 5.91 Å². The molecule has 3 rings (SSSR count). The first-order valence-corrected chi connectivity index (χ1v) is 9.41. The molecule has 138 valence electrons. The van der Waals surface area contributed by atoms with Crippen molar-refractivity contribution in [1.29, 1.82) is 0 Å². The van der Waals surface area contributed by atoms with Crippen molar-refractivity contribution in [2.75, 3.05) is 32.7 Å². The number of aliphatic hydroxyl groups is 1. The SMILES string of the molecule is Cc1ccc([C@@](C)(O)CN2CCN([C@H](C)C(=O)NC3CC3)CC2)cc1. The van der Waals surface area contributed by atoms with E-state index in [1.807, 2.05) is 38.1 Å². The normalized spacial score (nSPS) is 23.0. The van der Waals surface area contributed by atoms with Crippen LogP contribution in [0, 0.1) is 6.92 Å². The standard InChI is InChI=1S/C20H31N3O2/c1-15-4-6-17(7-5-15)20(3,25)14-22-10-12-23(13-11-22)16(2)19(24)21-18-8-9-18/h4-7,16,18,25H,8-14H2,1-3H3,(H,21,24)/t16-,20+/m1/s1. The average molecular weight is 345 g/mol. The third kappa shape index (κ3) is 4.81. The van der Waals surface area contributed by atoms with Crippen LogP contribution in [0.3, 0.4) is 0 Å². The lowest BCUT2D eigenvalue weighted by Crippen LogP contribution is -2.55. The molecular weight excluding hydrogens is 314 g/mol. The summed E-state index contributed by atoms with van der Waals surface area (Å²) >= 11 is 0. The second kappa shape index (κ2) is 7.44. The van der Waals surface area contributed by atoms with Gasteiger partial charge in [0.15, 0.2) is 0 Å². The van der Waals surface area contributed by atoms with Crippen molar-refractivity contribution in [2.24, 2.45) is 0 Å². The van der Waals surface area contributed by atoms with Gasteiger partial charge in [-0.25, -0.2) is 0 Å². The van der Waals surface area contributed by atoms with E-state index in [1.165, 1.54) is 5.56 Å². The van der Waals surface area contributed by atoms with E-state index in [0.29, 0.717) is 12.6 Å². The average Bonchev–Trinajstić information content (AvgIpc) is 3.39. The molecule has 5 nitrogen and oxygen atoms in total. The first-order chi connectivity index (χ1) is 11.8. The summed E-state index contributed by atoms with van der Waals surface area (Å²) in [4.78, 5) is 16.7. The third-order valence-corrected chi connectivity index (χ3v) is 5.46. The molecule has 25 heavy (non-hydrogen) atoms. The fraction of sp³-hybridized carbons (Fsp3) is 0.650. The third-order valence-electron chi connectivity index (χ3n) is 5.46. The molecule has 0 radical (unpaired) electrons. The van der Waals surface area contributed by atoms with Gasteiger partial charge in [-0.15, -0.1) is 0 Å². The van der Waals surface area contributed by atoms with Crippen LogP contribution in [0.15, 0.2) is 24.3 Å². The molecule has 1 amide bonds. The molecule has 2 aliphatic rings. The Labute approximate surface area is 151 Å². The maximum absolute atomic E-state index is 12.2. The smallest absolute Gasteiger partial charge is 0.237 e. The Hall–Kier alpha value is -1.43. The van der Waals surface area contributed by atoms with Gasteiger partial charge in [0.05, 0.1) is 11.6 Å². The summed E-state index contributed by atoms with van der Waals surface area (Å²) in [6, 6.07) is 8.46. The van der Waals surface area contributed by atoms with Gasteiger partial charge in [-0.3, -0.25) is 14.6 Å². The molecule has 2 N–H and O–H groups in total. The lowest BCUT2D eigenvalue weighted by Gasteiger charge is -2.40. The first kappa shape index (κ1) is 18.4. The first-order valence-electron chi connectivity index (χ1n) is 9.41. The van der Waals surface area contributed by atoms with E-state index >= 15 is 0 Å². The second-order valence-electron chi connectivity index (χ2n) is 7.91. The highest BCUT2D eigenvalue weighted by atomic mass is 16.3. The number of nitrogens with one attached hydrogen (secondary N) is 1. The number of benzene rings is 1. The summed E-state index contributed by atoms with van der Waals surface area (Å²) in [6.45, 7) is 10.0. The highest BCUT2D eigenvalue weighted by Gasteiger charge is 2.32. The van der Waals surface area contributed by atoms with Crippen molar-refractivity contribution in [1.82, 2.24) is 15.1 Å². The number of aryl methyl sites for hydroxylation is 1. The van der Waals surface area contributed by atoms with Crippen LogP contribution in [0.2, 0.25) is 0 Å². The molecule has 5 heteroatoms. The van der Waals surface area contributed by atoms with Gasteiger partial charge in [-0.05, 0) is 39.2 Å². The Bertz CT molecular complexity index is 587. The Balaban J connectivity index is 1.49. The zero-order chi connectivity index (χ0) is 18.0. The highest BCUT2D eigenvalue weighted by molar-refractivity contribution is 5.81. The molecule has 0 aromatic heterocycles. The molecule has 1 aromatic rings.